The minimum atomic E-state index is -4.06. The van der Waals surface area contributed by atoms with E-state index in [0.29, 0.717) is 16.7 Å². The quantitative estimate of drug-likeness (QED) is 0.412. The zero-order chi connectivity index (χ0) is 22.9. The van der Waals surface area contributed by atoms with E-state index in [1.54, 1.807) is 12.1 Å². The lowest BCUT2D eigenvalue weighted by Gasteiger charge is -2.11. The number of hydrogen-bond donors (Lipinski definition) is 2. The smallest absolute Gasteiger partial charge is 0.336 e. The average molecular weight is 473 g/mol. The summed E-state index contributed by atoms with van der Waals surface area (Å²) in [4.78, 5) is 23.9. The molecular weight excluding hydrogens is 459 g/mol. The molecule has 0 aliphatic heterocycles. The Balaban J connectivity index is 1.60. The fraction of sp³-hybridized carbons (Fsp3) is 0. The molecule has 1 aromatic heterocycles. The van der Waals surface area contributed by atoms with Crippen molar-refractivity contribution in [2.45, 2.75) is 4.90 Å². The van der Waals surface area contributed by atoms with Crippen molar-refractivity contribution in [3.8, 4) is 0 Å². The van der Waals surface area contributed by atoms with Crippen molar-refractivity contribution < 1.29 is 22.0 Å². The van der Waals surface area contributed by atoms with Gasteiger partial charge in [-0.1, -0.05) is 11.6 Å². The fourth-order valence-corrected chi connectivity index (χ4v) is 4.21. The molecule has 0 aliphatic rings. The van der Waals surface area contributed by atoms with Crippen LogP contribution >= 0.6 is 11.6 Å². The van der Waals surface area contributed by atoms with Crippen LogP contribution in [0.1, 0.15) is 10.4 Å². The third kappa shape index (κ3) is 4.63. The lowest BCUT2D eigenvalue weighted by molar-refractivity contribution is 0.102. The Morgan fingerprint density at radius 3 is 2.38 bits per heavy atom. The lowest BCUT2D eigenvalue weighted by atomic mass is 10.2. The number of rotatable bonds is 5. The van der Waals surface area contributed by atoms with E-state index < -0.39 is 27.4 Å². The molecule has 1 heterocycles. The minimum Gasteiger partial charge on any atom is -0.423 e. The highest BCUT2D eigenvalue weighted by molar-refractivity contribution is 7.92. The maximum Gasteiger partial charge on any atom is 0.336 e. The Bertz CT molecular complexity index is 1500. The van der Waals surface area contributed by atoms with Crippen LogP contribution in [-0.4, -0.2) is 14.3 Å². The second-order valence-electron chi connectivity index (χ2n) is 6.72. The van der Waals surface area contributed by atoms with Crippen molar-refractivity contribution in [1.29, 1.82) is 0 Å². The lowest BCUT2D eigenvalue weighted by Crippen LogP contribution is -2.16. The van der Waals surface area contributed by atoms with E-state index in [9.17, 15) is 22.4 Å². The Labute approximate surface area is 186 Å². The molecule has 0 saturated heterocycles. The Morgan fingerprint density at radius 1 is 0.906 bits per heavy atom. The molecule has 7 nitrogen and oxygen atoms in total. The van der Waals surface area contributed by atoms with E-state index in [0.717, 1.165) is 18.2 Å². The highest BCUT2D eigenvalue weighted by Crippen LogP contribution is 2.25. The van der Waals surface area contributed by atoms with E-state index in [-0.39, 0.29) is 21.2 Å². The normalized spacial score (nSPS) is 11.3. The predicted octanol–water partition coefficient (Wildman–Crippen LogP) is 4.64. The van der Waals surface area contributed by atoms with Gasteiger partial charge in [0.05, 0.1) is 15.5 Å². The van der Waals surface area contributed by atoms with Crippen LogP contribution in [0.4, 0.5) is 15.8 Å². The molecule has 0 aliphatic carbocycles. The van der Waals surface area contributed by atoms with Gasteiger partial charge in [0.15, 0.2) is 0 Å². The van der Waals surface area contributed by atoms with Crippen molar-refractivity contribution in [3.05, 3.63) is 99.6 Å². The van der Waals surface area contributed by atoms with Gasteiger partial charge in [0.2, 0.25) is 0 Å². The summed E-state index contributed by atoms with van der Waals surface area (Å²) in [7, 11) is -4.06. The molecule has 2 N–H and O–H groups in total. The second kappa shape index (κ2) is 8.45. The molecule has 0 bridgehead atoms. The van der Waals surface area contributed by atoms with Crippen molar-refractivity contribution in [3.63, 3.8) is 0 Å². The van der Waals surface area contributed by atoms with Gasteiger partial charge in [-0.3, -0.25) is 9.52 Å². The van der Waals surface area contributed by atoms with Crippen LogP contribution in [0.25, 0.3) is 11.0 Å². The molecule has 3 aromatic carbocycles. The van der Waals surface area contributed by atoms with E-state index in [1.807, 2.05) is 0 Å². The van der Waals surface area contributed by atoms with E-state index >= 15 is 0 Å². The van der Waals surface area contributed by atoms with Crippen LogP contribution in [0, 0.1) is 5.82 Å². The summed E-state index contributed by atoms with van der Waals surface area (Å²) in [6.45, 7) is 0. The molecule has 0 spiro atoms. The monoisotopic (exact) mass is 472 g/mol. The Kier molecular flexibility index (Phi) is 5.68. The van der Waals surface area contributed by atoms with Gasteiger partial charge in [-0.15, -0.1) is 0 Å². The number of amides is 1. The highest BCUT2D eigenvalue weighted by Gasteiger charge is 2.19. The largest absolute Gasteiger partial charge is 0.423 e. The summed E-state index contributed by atoms with van der Waals surface area (Å²) >= 11 is 6.13. The summed E-state index contributed by atoms with van der Waals surface area (Å²) < 4.78 is 45.8. The summed E-state index contributed by atoms with van der Waals surface area (Å²) in [5.41, 5.74) is 0.357. The van der Waals surface area contributed by atoms with Gasteiger partial charge in [-0.2, -0.15) is 0 Å². The Hall–Kier alpha value is -3.69. The van der Waals surface area contributed by atoms with Crippen molar-refractivity contribution >= 4 is 49.9 Å². The zero-order valence-corrected chi connectivity index (χ0v) is 17.7. The zero-order valence-electron chi connectivity index (χ0n) is 16.1. The number of sulfonamides is 1. The SMILES string of the molecule is O=C(Nc1ccc2oc(=O)ccc2c1)c1cc(S(=O)(=O)Nc2ccc(F)cc2)ccc1Cl. The Morgan fingerprint density at radius 2 is 1.62 bits per heavy atom. The molecule has 0 fully saturated rings. The molecule has 0 saturated carbocycles. The van der Waals surface area contributed by atoms with Gasteiger partial charge in [-0.25, -0.2) is 17.6 Å². The molecule has 0 radical (unpaired) electrons. The van der Waals surface area contributed by atoms with E-state index in [1.165, 1.54) is 42.5 Å². The van der Waals surface area contributed by atoms with Crippen molar-refractivity contribution in [2.75, 3.05) is 10.0 Å². The number of fused-ring (bicyclic) bond motifs is 1. The highest BCUT2D eigenvalue weighted by atomic mass is 35.5. The molecule has 4 rings (SSSR count). The van der Waals surface area contributed by atoms with Gasteiger partial charge in [-0.05, 0) is 66.7 Å². The summed E-state index contributed by atoms with van der Waals surface area (Å²) in [6, 6.07) is 16.0. The molecular formula is C22H14ClFN2O5S. The van der Waals surface area contributed by atoms with Gasteiger partial charge in [0, 0.05) is 22.8 Å². The second-order valence-corrected chi connectivity index (χ2v) is 8.80. The maximum absolute atomic E-state index is 13.1. The maximum atomic E-state index is 13.1. The number of nitrogens with one attached hydrogen (secondary N) is 2. The van der Waals surface area contributed by atoms with Gasteiger partial charge in [0.1, 0.15) is 11.4 Å². The third-order valence-electron chi connectivity index (χ3n) is 4.47. The number of benzene rings is 3. The predicted molar refractivity (Wildman–Crippen MR) is 119 cm³/mol. The van der Waals surface area contributed by atoms with E-state index in [4.69, 9.17) is 16.0 Å². The molecule has 0 atom stereocenters. The van der Waals surface area contributed by atoms with Crippen molar-refractivity contribution in [2.24, 2.45) is 0 Å². The van der Waals surface area contributed by atoms with Crippen LogP contribution in [0.5, 0.6) is 0 Å². The van der Waals surface area contributed by atoms with Crippen LogP contribution in [0.15, 0.2) is 86.9 Å². The molecule has 10 heteroatoms. The van der Waals surface area contributed by atoms with Crippen LogP contribution in [-0.2, 0) is 10.0 Å². The van der Waals surface area contributed by atoms with Crippen LogP contribution in [0.3, 0.4) is 0 Å². The summed E-state index contributed by atoms with van der Waals surface area (Å²) in [6.07, 6.45) is 0. The third-order valence-corrected chi connectivity index (χ3v) is 6.17. The van der Waals surface area contributed by atoms with Gasteiger partial charge in [0.25, 0.3) is 15.9 Å². The van der Waals surface area contributed by atoms with E-state index in [2.05, 4.69) is 10.0 Å². The molecule has 32 heavy (non-hydrogen) atoms. The first-order valence-electron chi connectivity index (χ1n) is 9.14. The molecule has 0 unspecified atom stereocenters. The number of hydrogen-bond acceptors (Lipinski definition) is 5. The first kappa shape index (κ1) is 21.5. The topological polar surface area (TPSA) is 105 Å². The van der Waals surface area contributed by atoms with Crippen molar-refractivity contribution in [1.82, 2.24) is 0 Å². The first-order valence-corrected chi connectivity index (χ1v) is 11.0. The standard InChI is InChI=1S/C22H14ClFN2O5S/c23-19-8-7-17(32(29,30)26-15-4-2-14(24)3-5-15)12-18(19)22(28)25-16-6-9-20-13(11-16)1-10-21(27)31-20/h1-12,26H,(H,25,28). The summed E-state index contributed by atoms with van der Waals surface area (Å²) in [5.74, 6) is -1.14. The number of halogens is 2. The van der Waals surface area contributed by atoms with Crippen LogP contribution in [0.2, 0.25) is 5.02 Å². The van der Waals surface area contributed by atoms with Crippen LogP contribution < -0.4 is 15.7 Å². The minimum absolute atomic E-state index is 0.0509. The average Bonchev–Trinajstić information content (AvgIpc) is 2.75. The molecule has 1 amide bonds. The summed E-state index contributed by atoms with van der Waals surface area (Å²) in [5, 5.41) is 3.28. The molecule has 162 valence electrons. The fourth-order valence-electron chi connectivity index (χ4n) is 2.93. The number of anilines is 2. The van der Waals surface area contributed by atoms with Gasteiger partial charge < -0.3 is 9.73 Å². The first-order chi connectivity index (χ1) is 15.2. The number of carbonyl (C=O) groups is 1. The molecule has 4 aromatic rings. The van der Waals surface area contributed by atoms with Gasteiger partial charge >= 0.3 is 5.63 Å². The number of carbonyl (C=O) groups excluding carboxylic acids is 1.